The Labute approximate surface area is 169 Å². The second-order valence-corrected chi connectivity index (χ2v) is 7.07. The van der Waals surface area contributed by atoms with Crippen molar-refractivity contribution in [3.05, 3.63) is 83.8 Å². The van der Waals surface area contributed by atoms with E-state index in [-0.39, 0.29) is 11.8 Å². The van der Waals surface area contributed by atoms with Crippen LogP contribution in [0.25, 0.3) is 0 Å². The molecule has 0 aliphatic carbocycles. The molecular formula is C23H23N3O3. The minimum Gasteiger partial charge on any atom is -0.459 e. The molecule has 6 heteroatoms. The molecule has 2 amide bonds. The third-order valence-corrected chi connectivity index (χ3v) is 5.18. The van der Waals surface area contributed by atoms with Gasteiger partial charge in [-0.1, -0.05) is 18.2 Å². The lowest BCUT2D eigenvalue weighted by Crippen LogP contribution is -2.48. The van der Waals surface area contributed by atoms with Crippen LogP contribution in [0.5, 0.6) is 0 Å². The molecule has 1 aromatic heterocycles. The fourth-order valence-corrected chi connectivity index (χ4v) is 3.51. The molecule has 1 fully saturated rings. The minimum absolute atomic E-state index is 0.0658. The molecule has 0 atom stereocenters. The Hall–Kier alpha value is -3.54. The number of nitrogens with one attached hydrogen (secondary N) is 1. The van der Waals surface area contributed by atoms with Crippen molar-refractivity contribution in [1.82, 2.24) is 4.90 Å². The number of rotatable bonds is 4. The van der Waals surface area contributed by atoms with Gasteiger partial charge in [0, 0.05) is 43.1 Å². The Morgan fingerprint density at radius 2 is 1.62 bits per heavy atom. The lowest BCUT2D eigenvalue weighted by molar-refractivity contribution is 0.0714. The van der Waals surface area contributed by atoms with Crippen LogP contribution in [0, 0.1) is 6.92 Å². The third-order valence-electron chi connectivity index (χ3n) is 5.18. The van der Waals surface area contributed by atoms with Gasteiger partial charge in [-0.3, -0.25) is 9.59 Å². The van der Waals surface area contributed by atoms with Crippen LogP contribution < -0.4 is 10.2 Å². The predicted molar refractivity (Wildman–Crippen MR) is 112 cm³/mol. The van der Waals surface area contributed by atoms with Gasteiger partial charge in [-0.2, -0.15) is 0 Å². The molecule has 1 aliphatic rings. The quantitative estimate of drug-likeness (QED) is 0.737. The average molecular weight is 389 g/mol. The molecule has 2 heterocycles. The van der Waals surface area contributed by atoms with Gasteiger partial charge in [0.15, 0.2) is 5.76 Å². The van der Waals surface area contributed by atoms with Crippen LogP contribution >= 0.6 is 0 Å². The lowest BCUT2D eigenvalue weighted by atomic mass is 10.1. The predicted octanol–water partition coefficient (Wildman–Crippen LogP) is 3.80. The van der Waals surface area contributed by atoms with Crippen LogP contribution in [-0.2, 0) is 0 Å². The van der Waals surface area contributed by atoms with Crippen molar-refractivity contribution in [3.63, 3.8) is 0 Å². The van der Waals surface area contributed by atoms with E-state index in [1.165, 1.54) is 6.26 Å². The number of benzene rings is 2. The maximum Gasteiger partial charge on any atom is 0.289 e. The second kappa shape index (κ2) is 8.22. The molecule has 1 saturated heterocycles. The van der Waals surface area contributed by atoms with Gasteiger partial charge in [0.05, 0.1) is 6.26 Å². The van der Waals surface area contributed by atoms with Gasteiger partial charge in [-0.15, -0.1) is 0 Å². The van der Waals surface area contributed by atoms with Crippen LogP contribution in [0.1, 0.15) is 26.5 Å². The van der Waals surface area contributed by atoms with Gasteiger partial charge in [-0.05, 0) is 55.0 Å². The molecule has 0 spiro atoms. The molecule has 0 radical (unpaired) electrons. The summed E-state index contributed by atoms with van der Waals surface area (Å²) >= 11 is 0. The van der Waals surface area contributed by atoms with Gasteiger partial charge >= 0.3 is 0 Å². The summed E-state index contributed by atoms with van der Waals surface area (Å²) in [5, 5.41) is 2.95. The first-order valence-corrected chi connectivity index (χ1v) is 9.66. The maximum atomic E-state index is 12.5. The highest BCUT2D eigenvalue weighted by Crippen LogP contribution is 2.21. The average Bonchev–Trinajstić information content (AvgIpc) is 3.29. The number of aryl methyl sites for hydroxylation is 1. The van der Waals surface area contributed by atoms with Crippen molar-refractivity contribution >= 4 is 23.2 Å². The smallest absolute Gasteiger partial charge is 0.289 e. The molecule has 1 N–H and O–H groups in total. The number of anilines is 2. The molecule has 3 aromatic rings. The summed E-state index contributed by atoms with van der Waals surface area (Å²) in [7, 11) is 0. The summed E-state index contributed by atoms with van der Waals surface area (Å²) in [6.45, 7) is 4.72. The zero-order valence-corrected chi connectivity index (χ0v) is 16.3. The van der Waals surface area contributed by atoms with Crippen molar-refractivity contribution in [3.8, 4) is 0 Å². The highest BCUT2D eigenvalue weighted by molar-refractivity contribution is 6.05. The lowest BCUT2D eigenvalue weighted by Gasteiger charge is -2.35. The van der Waals surface area contributed by atoms with E-state index < -0.39 is 0 Å². The first-order chi connectivity index (χ1) is 14.1. The first-order valence-electron chi connectivity index (χ1n) is 9.66. The number of carbonyl (C=O) groups excluding carboxylic acids is 2. The van der Waals surface area contributed by atoms with E-state index in [4.69, 9.17) is 4.42 Å². The monoisotopic (exact) mass is 389 g/mol. The molecule has 0 bridgehead atoms. The third kappa shape index (κ3) is 4.16. The zero-order chi connectivity index (χ0) is 20.2. The van der Waals surface area contributed by atoms with Crippen LogP contribution in [0.15, 0.2) is 71.3 Å². The Bertz CT molecular complexity index is 988. The Morgan fingerprint density at radius 1 is 0.897 bits per heavy atom. The number of amides is 2. The molecule has 148 valence electrons. The Morgan fingerprint density at radius 3 is 2.28 bits per heavy atom. The van der Waals surface area contributed by atoms with E-state index >= 15 is 0 Å². The van der Waals surface area contributed by atoms with Crippen molar-refractivity contribution in [2.45, 2.75) is 6.92 Å². The van der Waals surface area contributed by atoms with E-state index in [2.05, 4.69) is 10.2 Å². The first kappa shape index (κ1) is 18.8. The molecule has 1 aliphatic heterocycles. The number of carbonyl (C=O) groups is 2. The number of piperazine rings is 1. The largest absolute Gasteiger partial charge is 0.459 e. The fraction of sp³-hybridized carbons (Fsp3) is 0.217. The summed E-state index contributed by atoms with van der Waals surface area (Å²) in [6.07, 6.45) is 1.52. The molecule has 6 nitrogen and oxygen atoms in total. The fourth-order valence-electron chi connectivity index (χ4n) is 3.51. The molecular weight excluding hydrogens is 366 g/mol. The highest BCUT2D eigenvalue weighted by Gasteiger charge is 2.23. The van der Waals surface area contributed by atoms with E-state index in [0.717, 1.165) is 30.0 Å². The number of hydrogen-bond acceptors (Lipinski definition) is 4. The zero-order valence-electron chi connectivity index (χ0n) is 16.3. The summed E-state index contributed by atoms with van der Waals surface area (Å²) in [6, 6.07) is 18.8. The van der Waals surface area contributed by atoms with Crippen molar-refractivity contribution in [1.29, 1.82) is 0 Å². The molecule has 2 aromatic carbocycles. The Kier molecular flexibility index (Phi) is 5.33. The van der Waals surface area contributed by atoms with Gasteiger partial charge in [-0.25, -0.2) is 0 Å². The van der Waals surface area contributed by atoms with Gasteiger partial charge < -0.3 is 19.5 Å². The molecule has 4 rings (SSSR count). The maximum absolute atomic E-state index is 12.5. The van der Waals surface area contributed by atoms with Crippen LogP contribution in [-0.4, -0.2) is 42.9 Å². The van der Waals surface area contributed by atoms with Crippen LogP contribution in [0.3, 0.4) is 0 Å². The number of hydrogen-bond donors (Lipinski definition) is 1. The van der Waals surface area contributed by atoms with Gasteiger partial charge in [0.2, 0.25) is 0 Å². The highest BCUT2D eigenvalue weighted by atomic mass is 16.3. The summed E-state index contributed by atoms with van der Waals surface area (Å²) < 4.78 is 5.20. The van der Waals surface area contributed by atoms with Gasteiger partial charge in [0.25, 0.3) is 11.8 Å². The summed E-state index contributed by atoms with van der Waals surface area (Å²) in [5.41, 5.74) is 3.45. The van der Waals surface area contributed by atoms with Crippen molar-refractivity contribution in [2.75, 3.05) is 36.4 Å². The normalized spacial score (nSPS) is 14.0. The summed E-state index contributed by atoms with van der Waals surface area (Å²) in [5.74, 6) is 0.206. The van der Waals surface area contributed by atoms with E-state index in [0.29, 0.717) is 24.4 Å². The van der Waals surface area contributed by atoms with E-state index in [1.54, 1.807) is 12.1 Å². The standard InChI is InChI=1S/C23H23N3O3/c1-17-5-2-3-6-20(17)22(27)24-18-8-10-19(11-9-18)25-12-14-26(15-13-25)23(28)21-7-4-16-29-21/h2-11,16H,12-15H2,1H3,(H,24,27). The van der Waals surface area contributed by atoms with Crippen LogP contribution in [0.4, 0.5) is 11.4 Å². The second-order valence-electron chi connectivity index (χ2n) is 7.07. The number of nitrogens with zero attached hydrogens (tertiary/aromatic N) is 2. The number of furan rings is 1. The van der Waals surface area contributed by atoms with Crippen molar-refractivity contribution < 1.29 is 14.0 Å². The van der Waals surface area contributed by atoms with E-state index in [1.807, 2.05) is 60.4 Å². The molecule has 0 saturated carbocycles. The van der Waals surface area contributed by atoms with Gasteiger partial charge in [0.1, 0.15) is 0 Å². The van der Waals surface area contributed by atoms with E-state index in [9.17, 15) is 9.59 Å². The van der Waals surface area contributed by atoms with Crippen molar-refractivity contribution in [2.24, 2.45) is 0 Å². The molecule has 29 heavy (non-hydrogen) atoms. The SMILES string of the molecule is Cc1ccccc1C(=O)Nc1ccc(N2CCN(C(=O)c3ccco3)CC2)cc1. The topological polar surface area (TPSA) is 65.8 Å². The van der Waals surface area contributed by atoms with Crippen LogP contribution in [0.2, 0.25) is 0 Å². The summed E-state index contributed by atoms with van der Waals surface area (Å²) in [4.78, 5) is 28.9. The Balaban J connectivity index is 1.35. The molecule has 0 unspecified atom stereocenters. The minimum atomic E-state index is -0.110.